The fourth-order valence-electron chi connectivity index (χ4n) is 1.52. The summed E-state index contributed by atoms with van der Waals surface area (Å²) >= 11 is 3.47. The fourth-order valence-corrected chi connectivity index (χ4v) is 2.04. The van der Waals surface area contributed by atoms with Crippen molar-refractivity contribution >= 4 is 21.8 Å². The zero-order valence-electron chi connectivity index (χ0n) is 8.88. The van der Waals surface area contributed by atoms with Crippen molar-refractivity contribution in [1.82, 2.24) is 5.32 Å². The molecule has 0 aliphatic carbocycles. The second-order valence-electron chi connectivity index (χ2n) is 3.53. The first-order valence-electron chi connectivity index (χ1n) is 4.99. The molecule has 0 fully saturated rings. The minimum absolute atomic E-state index is 0.0168. The lowest BCUT2D eigenvalue weighted by atomic mass is 10.1. The Balaban J connectivity index is 2.06. The molecule has 1 aliphatic heterocycles. The van der Waals surface area contributed by atoms with Gasteiger partial charge in [-0.3, -0.25) is 4.79 Å². The maximum absolute atomic E-state index is 10.7. The van der Waals surface area contributed by atoms with Gasteiger partial charge in [-0.25, -0.2) is 0 Å². The number of amides is 1. The highest BCUT2D eigenvalue weighted by molar-refractivity contribution is 9.10. The van der Waals surface area contributed by atoms with Crippen molar-refractivity contribution in [2.24, 2.45) is 0 Å². The van der Waals surface area contributed by atoms with Crippen LogP contribution in [-0.2, 0) is 11.2 Å². The van der Waals surface area contributed by atoms with E-state index >= 15 is 0 Å². The fraction of sp³-hybridized carbons (Fsp3) is 0.364. The van der Waals surface area contributed by atoms with Crippen LogP contribution in [0.5, 0.6) is 11.5 Å². The average Bonchev–Trinajstić information content (AvgIpc) is 2.64. The van der Waals surface area contributed by atoms with Crippen molar-refractivity contribution in [3.8, 4) is 11.5 Å². The van der Waals surface area contributed by atoms with Crippen molar-refractivity contribution in [3.63, 3.8) is 0 Å². The maximum atomic E-state index is 10.7. The number of fused-ring (bicyclic) bond motifs is 1. The van der Waals surface area contributed by atoms with Crippen LogP contribution in [0.4, 0.5) is 0 Å². The number of hydrogen-bond acceptors (Lipinski definition) is 3. The Bertz CT molecular complexity index is 420. The standard InChI is InChI=1S/C11H12BrNO3/c1-7(14)13-3-2-8-4-10-11(5-9(8)12)16-6-15-10/h4-5H,2-3,6H2,1H3,(H,13,14). The van der Waals surface area contributed by atoms with Gasteiger partial charge in [-0.05, 0) is 24.1 Å². The van der Waals surface area contributed by atoms with Crippen LogP contribution in [-0.4, -0.2) is 19.2 Å². The minimum atomic E-state index is -0.0168. The van der Waals surface area contributed by atoms with Crippen molar-refractivity contribution in [2.45, 2.75) is 13.3 Å². The molecule has 1 N–H and O–H groups in total. The van der Waals surface area contributed by atoms with Crippen LogP contribution in [0.15, 0.2) is 16.6 Å². The van der Waals surface area contributed by atoms with Gasteiger partial charge in [0.05, 0.1) is 0 Å². The van der Waals surface area contributed by atoms with Crippen molar-refractivity contribution < 1.29 is 14.3 Å². The summed E-state index contributed by atoms with van der Waals surface area (Å²) in [5.74, 6) is 1.51. The highest BCUT2D eigenvalue weighted by atomic mass is 79.9. The normalized spacial score (nSPS) is 12.6. The van der Waals surface area contributed by atoms with Gasteiger partial charge in [-0.1, -0.05) is 15.9 Å². The van der Waals surface area contributed by atoms with Crippen LogP contribution in [0.3, 0.4) is 0 Å². The molecule has 0 aromatic heterocycles. The van der Waals surface area contributed by atoms with Gasteiger partial charge < -0.3 is 14.8 Å². The largest absolute Gasteiger partial charge is 0.454 e. The molecular formula is C11H12BrNO3. The van der Waals surface area contributed by atoms with Gasteiger partial charge >= 0.3 is 0 Å². The van der Waals surface area contributed by atoms with Crippen molar-refractivity contribution in [3.05, 3.63) is 22.2 Å². The van der Waals surface area contributed by atoms with Gasteiger partial charge in [0, 0.05) is 17.9 Å². The van der Waals surface area contributed by atoms with E-state index in [-0.39, 0.29) is 12.7 Å². The lowest BCUT2D eigenvalue weighted by molar-refractivity contribution is -0.118. The number of benzene rings is 1. The van der Waals surface area contributed by atoms with Crippen LogP contribution in [0, 0.1) is 0 Å². The zero-order valence-corrected chi connectivity index (χ0v) is 10.5. The van der Waals surface area contributed by atoms with E-state index in [1.54, 1.807) is 0 Å². The predicted molar refractivity (Wildman–Crippen MR) is 62.7 cm³/mol. The molecule has 1 aliphatic rings. The van der Waals surface area contributed by atoms with E-state index in [0.717, 1.165) is 28.0 Å². The second-order valence-corrected chi connectivity index (χ2v) is 4.38. The summed E-state index contributed by atoms with van der Waals surface area (Å²) < 4.78 is 11.5. The Morgan fingerprint density at radius 1 is 1.44 bits per heavy atom. The summed E-state index contributed by atoms with van der Waals surface area (Å²) in [6, 6.07) is 3.83. The number of carbonyl (C=O) groups excluding carboxylic acids is 1. The van der Waals surface area contributed by atoms with Gasteiger partial charge in [0.2, 0.25) is 12.7 Å². The Morgan fingerprint density at radius 2 is 2.12 bits per heavy atom. The Kier molecular flexibility index (Phi) is 3.33. The summed E-state index contributed by atoms with van der Waals surface area (Å²) in [5.41, 5.74) is 1.10. The van der Waals surface area contributed by atoms with Crippen LogP contribution in [0.25, 0.3) is 0 Å². The van der Waals surface area contributed by atoms with E-state index in [1.165, 1.54) is 6.92 Å². The molecule has 1 aromatic carbocycles. The summed E-state index contributed by atoms with van der Waals surface area (Å²) in [4.78, 5) is 10.7. The first kappa shape index (κ1) is 11.3. The Hall–Kier alpha value is -1.23. The van der Waals surface area contributed by atoms with Crippen molar-refractivity contribution in [2.75, 3.05) is 13.3 Å². The van der Waals surface area contributed by atoms with Gasteiger partial charge in [-0.2, -0.15) is 0 Å². The third kappa shape index (κ3) is 2.47. The smallest absolute Gasteiger partial charge is 0.231 e. The average molecular weight is 286 g/mol. The molecule has 0 spiro atoms. The highest BCUT2D eigenvalue weighted by Crippen LogP contribution is 2.36. The molecular weight excluding hydrogens is 274 g/mol. The summed E-state index contributed by atoms with van der Waals surface area (Å²) in [5, 5.41) is 2.76. The molecule has 4 nitrogen and oxygen atoms in total. The van der Waals surface area contributed by atoms with E-state index in [9.17, 15) is 4.79 Å². The first-order chi connectivity index (χ1) is 7.66. The lowest BCUT2D eigenvalue weighted by Crippen LogP contribution is -2.22. The third-order valence-corrected chi connectivity index (χ3v) is 3.05. The van der Waals surface area contributed by atoms with E-state index in [1.807, 2.05) is 12.1 Å². The van der Waals surface area contributed by atoms with Crippen molar-refractivity contribution in [1.29, 1.82) is 0 Å². The van der Waals surface area contributed by atoms with Crippen LogP contribution < -0.4 is 14.8 Å². The quantitative estimate of drug-likeness (QED) is 0.922. The minimum Gasteiger partial charge on any atom is -0.454 e. The van der Waals surface area contributed by atoms with Gasteiger partial charge in [0.25, 0.3) is 0 Å². The van der Waals surface area contributed by atoms with E-state index in [2.05, 4.69) is 21.2 Å². The number of carbonyl (C=O) groups is 1. The Morgan fingerprint density at radius 3 is 2.81 bits per heavy atom. The number of halogens is 1. The van der Waals surface area contributed by atoms with Crippen LogP contribution in [0.1, 0.15) is 12.5 Å². The molecule has 0 atom stereocenters. The second kappa shape index (κ2) is 4.74. The number of hydrogen-bond donors (Lipinski definition) is 1. The van der Waals surface area contributed by atoms with Gasteiger partial charge in [0.1, 0.15) is 0 Å². The zero-order chi connectivity index (χ0) is 11.5. The van der Waals surface area contributed by atoms with E-state index in [0.29, 0.717) is 6.54 Å². The molecule has 1 amide bonds. The molecule has 0 unspecified atom stereocenters. The Labute approximate surface area is 102 Å². The topological polar surface area (TPSA) is 47.6 Å². The lowest BCUT2D eigenvalue weighted by Gasteiger charge is -2.06. The monoisotopic (exact) mass is 285 g/mol. The summed E-state index contributed by atoms with van der Waals surface area (Å²) in [6.07, 6.45) is 0.761. The number of ether oxygens (including phenoxy) is 2. The SMILES string of the molecule is CC(=O)NCCc1cc2c(cc1Br)OCO2. The molecule has 5 heteroatoms. The molecule has 16 heavy (non-hydrogen) atoms. The summed E-state index contributed by atoms with van der Waals surface area (Å²) in [6.45, 7) is 2.40. The summed E-state index contributed by atoms with van der Waals surface area (Å²) in [7, 11) is 0. The third-order valence-electron chi connectivity index (χ3n) is 2.31. The predicted octanol–water partition coefficient (Wildman–Crippen LogP) is 1.86. The highest BCUT2D eigenvalue weighted by Gasteiger charge is 2.15. The molecule has 0 bridgehead atoms. The molecule has 0 radical (unpaired) electrons. The molecule has 2 rings (SSSR count). The maximum Gasteiger partial charge on any atom is 0.231 e. The van der Waals surface area contributed by atoms with Gasteiger partial charge in [-0.15, -0.1) is 0 Å². The number of nitrogens with one attached hydrogen (secondary N) is 1. The van der Waals surface area contributed by atoms with Crippen LogP contribution >= 0.6 is 15.9 Å². The first-order valence-corrected chi connectivity index (χ1v) is 5.78. The van der Waals surface area contributed by atoms with E-state index in [4.69, 9.17) is 9.47 Å². The van der Waals surface area contributed by atoms with Crippen LogP contribution in [0.2, 0.25) is 0 Å². The van der Waals surface area contributed by atoms with Gasteiger partial charge in [0.15, 0.2) is 11.5 Å². The van der Waals surface area contributed by atoms with E-state index < -0.39 is 0 Å². The number of rotatable bonds is 3. The molecule has 1 aromatic rings. The molecule has 86 valence electrons. The molecule has 0 saturated carbocycles. The molecule has 1 heterocycles. The molecule has 0 saturated heterocycles.